The van der Waals surface area contributed by atoms with Crippen molar-refractivity contribution in [2.45, 2.75) is 45.4 Å². The van der Waals surface area contributed by atoms with Crippen LogP contribution in [0.1, 0.15) is 45.4 Å². The molecule has 0 amide bonds. The lowest BCUT2D eigenvalue weighted by molar-refractivity contribution is -0.139. The van der Waals surface area contributed by atoms with Crippen LogP contribution >= 0.6 is 24.8 Å². The van der Waals surface area contributed by atoms with Crippen LogP contribution in [0.25, 0.3) is 0 Å². The molecule has 1 saturated heterocycles. The molecule has 1 atom stereocenters. The van der Waals surface area contributed by atoms with Gasteiger partial charge in [-0.3, -0.25) is 4.79 Å². The Kier molecular flexibility index (Phi) is 13.7. The number of carbonyl (C=O) groups excluding carboxylic acids is 1. The third-order valence-electron chi connectivity index (χ3n) is 3.28. The van der Waals surface area contributed by atoms with Gasteiger partial charge < -0.3 is 9.55 Å². The molecule has 0 aromatic rings. The Morgan fingerprint density at radius 2 is 1.89 bits per heavy atom. The van der Waals surface area contributed by atoms with Crippen molar-refractivity contribution >= 4 is 38.8 Å². The number of hydrogen-bond donors (Lipinski definition) is 0. The average molecular weight is 296 g/mol. The minimum absolute atomic E-state index is 0. The zero-order chi connectivity index (χ0) is 11.8. The number of halogens is 2. The molecule has 0 aromatic carbocycles. The molecule has 2 radical (unpaired) electrons. The van der Waals surface area contributed by atoms with Crippen LogP contribution in [0.15, 0.2) is 0 Å². The summed E-state index contributed by atoms with van der Waals surface area (Å²) in [5.74, 6) is -0.290. The van der Waals surface area contributed by atoms with Gasteiger partial charge in [0, 0.05) is 6.54 Å². The number of rotatable bonds is 6. The second-order valence-electron chi connectivity index (χ2n) is 4.64. The average Bonchev–Trinajstić information content (AvgIpc) is 2.34. The van der Waals surface area contributed by atoms with Crippen LogP contribution in [-0.4, -0.2) is 38.6 Å². The van der Waals surface area contributed by atoms with Crippen LogP contribution in [0.4, 0.5) is 0 Å². The van der Waals surface area contributed by atoms with Crippen molar-refractivity contribution in [3.8, 4) is 0 Å². The maximum atomic E-state index is 11.5. The van der Waals surface area contributed by atoms with Gasteiger partial charge in [-0.1, -0.05) is 26.2 Å². The number of likely N-dealkylation sites (tertiary alicyclic amines) is 1. The highest BCUT2D eigenvalue weighted by Gasteiger charge is 2.22. The Bertz CT molecular complexity index is 214. The molecule has 1 unspecified atom stereocenters. The molecule has 6 heteroatoms. The molecule has 1 fully saturated rings. The summed E-state index contributed by atoms with van der Waals surface area (Å²) in [5.41, 5.74) is 0. The Hall–Kier alpha value is 0.0749. The monoisotopic (exact) mass is 295 g/mol. The number of piperidine rings is 1. The summed E-state index contributed by atoms with van der Waals surface area (Å²) >= 11 is 0. The lowest BCUT2D eigenvalue weighted by atomic mass is 10.00. The maximum absolute atomic E-state index is 11.5. The molecule has 0 aromatic heterocycles. The zero-order valence-corrected chi connectivity index (χ0v) is 12.7. The van der Waals surface area contributed by atoms with E-state index in [-0.39, 0.29) is 36.7 Å². The summed E-state index contributed by atoms with van der Waals surface area (Å²) in [5, 5.41) is 0. The molecule has 1 aliphatic heterocycles. The predicted molar refractivity (Wildman–Crippen MR) is 79.6 cm³/mol. The van der Waals surface area contributed by atoms with E-state index in [1.807, 2.05) is 0 Å². The molecule has 3 nitrogen and oxygen atoms in total. The summed E-state index contributed by atoms with van der Waals surface area (Å²) in [4.78, 5) is 13.9. The Morgan fingerprint density at radius 3 is 2.39 bits per heavy atom. The number of carbonyl (C=O) groups is 1. The predicted octanol–water partition coefficient (Wildman–Crippen LogP) is 2.75. The third kappa shape index (κ3) is 7.50. The van der Waals surface area contributed by atoms with Gasteiger partial charge in [0.1, 0.15) is 0 Å². The van der Waals surface area contributed by atoms with E-state index >= 15 is 0 Å². The van der Waals surface area contributed by atoms with E-state index in [2.05, 4.69) is 16.5 Å². The van der Waals surface area contributed by atoms with Crippen LogP contribution in [0.5, 0.6) is 0 Å². The maximum Gasteiger partial charge on any atom is 0.378 e. The van der Waals surface area contributed by atoms with Crippen LogP contribution in [0.2, 0.25) is 0 Å². The number of unbranched alkanes of at least 4 members (excludes halogenated alkanes) is 1. The molecule has 1 rings (SSSR count). The zero-order valence-electron chi connectivity index (χ0n) is 11.1. The van der Waals surface area contributed by atoms with Gasteiger partial charge in [-0.15, -0.1) is 24.8 Å². The Labute approximate surface area is 124 Å². The SMILES string of the molecule is Cl.Cl.[B]OC(=O)C(CCCC)CN1CCCCC1. The summed E-state index contributed by atoms with van der Waals surface area (Å²) in [6.07, 6.45) is 6.87. The molecule has 1 aliphatic rings. The van der Waals surface area contributed by atoms with Crippen molar-refractivity contribution in [2.24, 2.45) is 5.92 Å². The first-order valence-electron chi connectivity index (χ1n) is 6.40. The Balaban J connectivity index is 0. The summed E-state index contributed by atoms with van der Waals surface area (Å²) in [6.45, 7) is 5.17. The van der Waals surface area contributed by atoms with Crippen molar-refractivity contribution in [2.75, 3.05) is 19.6 Å². The molecular weight excluding hydrogens is 272 g/mol. The van der Waals surface area contributed by atoms with Gasteiger partial charge in [0.2, 0.25) is 0 Å². The van der Waals surface area contributed by atoms with E-state index < -0.39 is 0 Å². The highest BCUT2D eigenvalue weighted by molar-refractivity contribution is 6.05. The van der Waals surface area contributed by atoms with E-state index in [0.717, 1.165) is 38.9 Å². The van der Waals surface area contributed by atoms with Crippen LogP contribution < -0.4 is 0 Å². The molecule has 0 spiro atoms. The van der Waals surface area contributed by atoms with Gasteiger partial charge in [0.15, 0.2) is 0 Å². The normalized spacial score (nSPS) is 17.2. The lowest BCUT2D eigenvalue weighted by Gasteiger charge is -2.29. The quantitative estimate of drug-likeness (QED) is 0.706. The van der Waals surface area contributed by atoms with Gasteiger partial charge in [-0.25, -0.2) is 0 Å². The van der Waals surface area contributed by atoms with Crippen LogP contribution in [-0.2, 0) is 9.45 Å². The molecule has 0 saturated carbocycles. The highest BCUT2D eigenvalue weighted by Crippen LogP contribution is 2.16. The molecule has 0 bridgehead atoms. The second-order valence-corrected chi connectivity index (χ2v) is 4.64. The molecule has 106 valence electrons. The molecule has 1 heterocycles. The van der Waals surface area contributed by atoms with Gasteiger partial charge in [-0.05, 0) is 32.4 Å². The molecular formula is C12H24BCl2NO2. The fourth-order valence-electron chi connectivity index (χ4n) is 2.28. The van der Waals surface area contributed by atoms with Crippen molar-refractivity contribution in [3.05, 3.63) is 0 Å². The van der Waals surface area contributed by atoms with Crippen molar-refractivity contribution in [1.82, 2.24) is 4.90 Å². The number of hydrogen-bond acceptors (Lipinski definition) is 3. The van der Waals surface area contributed by atoms with E-state index in [1.54, 1.807) is 0 Å². The Morgan fingerprint density at radius 1 is 1.28 bits per heavy atom. The van der Waals surface area contributed by atoms with Crippen molar-refractivity contribution in [3.63, 3.8) is 0 Å². The first kappa shape index (κ1) is 20.4. The summed E-state index contributed by atoms with van der Waals surface area (Å²) in [6, 6.07) is 0. The van der Waals surface area contributed by atoms with Crippen LogP contribution in [0.3, 0.4) is 0 Å². The van der Waals surface area contributed by atoms with E-state index in [0.29, 0.717) is 0 Å². The molecule has 0 aliphatic carbocycles. The topological polar surface area (TPSA) is 29.5 Å². The standard InChI is InChI=1S/C12H22BNO2.2ClH/c1-2-3-7-11(12(15)16-13)10-14-8-5-4-6-9-14;;/h11H,2-10H2,1H3;2*1H. The van der Waals surface area contributed by atoms with Crippen molar-refractivity contribution < 1.29 is 9.45 Å². The van der Waals surface area contributed by atoms with E-state index in [1.165, 1.54) is 19.3 Å². The van der Waals surface area contributed by atoms with Crippen molar-refractivity contribution in [1.29, 1.82) is 0 Å². The minimum atomic E-state index is -0.251. The van der Waals surface area contributed by atoms with Gasteiger partial charge in [0.25, 0.3) is 5.97 Å². The fourth-order valence-corrected chi connectivity index (χ4v) is 2.28. The number of nitrogens with zero attached hydrogens (tertiary/aromatic N) is 1. The largest absolute Gasteiger partial charge is 0.543 e. The van der Waals surface area contributed by atoms with E-state index in [9.17, 15) is 4.79 Å². The van der Waals surface area contributed by atoms with Gasteiger partial charge >= 0.3 is 8.05 Å². The minimum Gasteiger partial charge on any atom is -0.543 e. The first-order valence-corrected chi connectivity index (χ1v) is 6.40. The summed E-state index contributed by atoms with van der Waals surface area (Å²) in [7, 11) is 4.98. The molecule has 0 N–H and O–H groups in total. The lowest BCUT2D eigenvalue weighted by Crippen LogP contribution is -2.37. The van der Waals surface area contributed by atoms with Crippen LogP contribution in [0, 0.1) is 5.92 Å². The van der Waals surface area contributed by atoms with Gasteiger partial charge in [-0.2, -0.15) is 0 Å². The summed E-state index contributed by atoms with van der Waals surface area (Å²) < 4.78 is 4.39. The fraction of sp³-hybridized carbons (Fsp3) is 0.917. The second kappa shape index (κ2) is 12.1. The third-order valence-corrected chi connectivity index (χ3v) is 3.28. The smallest absolute Gasteiger partial charge is 0.378 e. The highest BCUT2D eigenvalue weighted by atomic mass is 35.5. The molecule has 18 heavy (non-hydrogen) atoms. The first-order chi connectivity index (χ1) is 7.77. The van der Waals surface area contributed by atoms with Gasteiger partial charge in [0.05, 0.1) is 5.92 Å². The van der Waals surface area contributed by atoms with E-state index in [4.69, 9.17) is 8.05 Å².